The summed E-state index contributed by atoms with van der Waals surface area (Å²) in [7, 11) is 0. The number of aromatic nitrogens is 2. The number of anilines is 1. The maximum Gasteiger partial charge on any atom is 0.262 e. The fraction of sp³-hybridized carbons (Fsp3) is 0.222. The number of benzene rings is 3. The Hall–Kier alpha value is -4.13. The van der Waals surface area contributed by atoms with Gasteiger partial charge in [0.2, 0.25) is 0 Å². The third-order valence-electron chi connectivity index (χ3n) is 5.94. The molecule has 0 bridgehead atoms. The topological polar surface area (TPSA) is 76.5 Å². The van der Waals surface area contributed by atoms with Crippen LogP contribution in [0.25, 0.3) is 16.7 Å². The zero-order valence-corrected chi connectivity index (χ0v) is 19.2. The summed E-state index contributed by atoms with van der Waals surface area (Å²) in [6.07, 6.45) is 0.0564. The quantitative estimate of drug-likeness (QED) is 0.489. The highest BCUT2D eigenvalue weighted by Crippen LogP contribution is 2.34. The van der Waals surface area contributed by atoms with Crippen LogP contribution < -0.4 is 15.0 Å². The van der Waals surface area contributed by atoms with Gasteiger partial charge in [-0.15, -0.1) is 0 Å². The average molecular weight is 455 g/mol. The van der Waals surface area contributed by atoms with Crippen LogP contribution in [0, 0.1) is 6.92 Å². The van der Waals surface area contributed by atoms with Crippen LogP contribution in [-0.4, -0.2) is 40.6 Å². The molecule has 1 aromatic heterocycles. The molecule has 3 aromatic carbocycles. The van der Waals surface area contributed by atoms with E-state index in [2.05, 4.69) is 9.88 Å². The highest BCUT2D eigenvalue weighted by molar-refractivity contribution is 6.09. The molecule has 0 radical (unpaired) electrons. The molecule has 0 saturated heterocycles. The highest BCUT2D eigenvalue weighted by Gasteiger charge is 2.34. The summed E-state index contributed by atoms with van der Waals surface area (Å²) in [5.41, 5.74) is 3.85. The number of nitrogens with one attached hydrogen (secondary N) is 1. The van der Waals surface area contributed by atoms with Crippen molar-refractivity contribution in [2.24, 2.45) is 0 Å². The van der Waals surface area contributed by atoms with Crippen LogP contribution in [0.3, 0.4) is 0 Å². The number of carbonyl (C=O) groups is 2. The minimum absolute atomic E-state index is 0.140. The molecule has 1 atom stereocenters. The summed E-state index contributed by atoms with van der Waals surface area (Å²) >= 11 is 0. The van der Waals surface area contributed by atoms with Crippen molar-refractivity contribution in [2.75, 3.05) is 18.0 Å². The van der Waals surface area contributed by atoms with E-state index in [1.165, 1.54) is 0 Å². The first-order valence-electron chi connectivity index (χ1n) is 11.5. The number of hydrogen-bond acceptors (Lipinski definition) is 4. The van der Waals surface area contributed by atoms with Crippen molar-refractivity contribution < 1.29 is 14.3 Å². The van der Waals surface area contributed by atoms with Gasteiger partial charge in [-0.1, -0.05) is 37.3 Å². The number of hydrogen-bond donors (Lipinski definition) is 1. The van der Waals surface area contributed by atoms with Crippen molar-refractivity contribution in [1.82, 2.24) is 14.9 Å². The van der Waals surface area contributed by atoms with Gasteiger partial charge >= 0.3 is 0 Å². The van der Waals surface area contributed by atoms with Crippen LogP contribution in [0.2, 0.25) is 0 Å². The molecule has 7 nitrogen and oxygen atoms in total. The van der Waals surface area contributed by atoms with E-state index in [9.17, 15) is 9.59 Å². The number of nitrogens with zero attached hydrogens (tertiary/aromatic N) is 3. The first kappa shape index (κ1) is 21.7. The summed E-state index contributed by atoms with van der Waals surface area (Å²) in [5.74, 6) is 0.943. The molecule has 0 fully saturated rings. The van der Waals surface area contributed by atoms with Gasteiger partial charge in [-0.25, -0.2) is 4.98 Å². The number of aryl methyl sites for hydroxylation is 1. The lowest BCUT2D eigenvalue weighted by molar-refractivity contribution is -0.127. The number of fused-ring (bicyclic) bond motifs is 2. The number of carbonyl (C=O) groups excluding carboxylic acids is 2. The van der Waals surface area contributed by atoms with Crippen molar-refractivity contribution >= 4 is 28.5 Å². The van der Waals surface area contributed by atoms with Gasteiger partial charge in [0.15, 0.2) is 6.10 Å². The van der Waals surface area contributed by atoms with Crippen molar-refractivity contribution in [3.05, 3.63) is 84.2 Å². The summed E-state index contributed by atoms with van der Waals surface area (Å²) < 4.78 is 7.99. The zero-order chi connectivity index (χ0) is 23.7. The number of imidazole rings is 1. The SMILES string of the molecule is CCCNC(=O)[C@H]1CN(C(=O)c2ccc3c(c2)nc(C)n3-c2ccccc2)c2ccccc2O1. The lowest BCUT2D eigenvalue weighted by Crippen LogP contribution is -2.50. The Kier molecular flexibility index (Phi) is 5.76. The van der Waals surface area contributed by atoms with Gasteiger partial charge in [0.1, 0.15) is 11.6 Å². The normalized spacial score (nSPS) is 15.0. The van der Waals surface area contributed by atoms with E-state index < -0.39 is 6.10 Å². The smallest absolute Gasteiger partial charge is 0.262 e. The average Bonchev–Trinajstić information content (AvgIpc) is 3.21. The molecule has 1 aliphatic heterocycles. The Morgan fingerprint density at radius 3 is 2.62 bits per heavy atom. The minimum atomic E-state index is -0.770. The van der Waals surface area contributed by atoms with Gasteiger partial charge in [0.05, 0.1) is 23.3 Å². The summed E-state index contributed by atoms with van der Waals surface area (Å²) in [4.78, 5) is 32.6. The van der Waals surface area contributed by atoms with E-state index in [0.29, 0.717) is 23.5 Å². The molecule has 4 aromatic rings. The molecule has 34 heavy (non-hydrogen) atoms. The number of para-hydroxylation sites is 3. The second-order valence-electron chi connectivity index (χ2n) is 8.31. The van der Waals surface area contributed by atoms with Crippen molar-refractivity contribution in [1.29, 1.82) is 0 Å². The Morgan fingerprint density at radius 2 is 1.82 bits per heavy atom. The van der Waals surface area contributed by atoms with Gasteiger partial charge in [-0.05, 0) is 55.8 Å². The summed E-state index contributed by atoms with van der Waals surface area (Å²) in [6, 6.07) is 22.9. The van der Waals surface area contributed by atoms with Crippen LogP contribution in [0.4, 0.5) is 5.69 Å². The molecule has 7 heteroatoms. The van der Waals surface area contributed by atoms with Gasteiger partial charge in [-0.2, -0.15) is 0 Å². The van der Waals surface area contributed by atoms with Gasteiger partial charge in [-0.3, -0.25) is 14.2 Å². The van der Waals surface area contributed by atoms with Gasteiger partial charge in [0, 0.05) is 17.8 Å². The lowest BCUT2D eigenvalue weighted by atomic mass is 10.1. The summed E-state index contributed by atoms with van der Waals surface area (Å²) in [6.45, 7) is 4.64. The fourth-order valence-electron chi connectivity index (χ4n) is 4.32. The van der Waals surface area contributed by atoms with E-state index in [1.807, 2.05) is 80.6 Å². The second-order valence-corrected chi connectivity index (χ2v) is 8.31. The third-order valence-corrected chi connectivity index (χ3v) is 5.94. The molecule has 5 rings (SSSR count). The van der Waals surface area contributed by atoms with Crippen LogP contribution in [0.1, 0.15) is 29.5 Å². The molecule has 1 N–H and O–H groups in total. The molecule has 0 saturated carbocycles. The molecular formula is C27H26N4O3. The van der Waals surface area contributed by atoms with Gasteiger partial charge < -0.3 is 15.0 Å². The van der Waals surface area contributed by atoms with Crippen LogP contribution in [0.15, 0.2) is 72.8 Å². The maximum atomic E-state index is 13.7. The van der Waals surface area contributed by atoms with Crippen LogP contribution >= 0.6 is 0 Å². The molecular weight excluding hydrogens is 428 g/mol. The molecule has 172 valence electrons. The monoisotopic (exact) mass is 454 g/mol. The zero-order valence-electron chi connectivity index (χ0n) is 19.2. The largest absolute Gasteiger partial charge is 0.477 e. The van der Waals surface area contributed by atoms with Crippen molar-refractivity contribution in [2.45, 2.75) is 26.4 Å². The number of rotatable bonds is 5. The van der Waals surface area contributed by atoms with E-state index >= 15 is 0 Å². The van der Waals surface area contributed by atoms with E-state index in [4.69, 9.17) is 9.72 Å². The van der Waals surface area contributed by atoms with Crippen molar-refractivity contribution in [3.63, 3.8) is 0 Å². The third kappa shape index (κ3) is 3.90. The van der Waals surface area contributed by atoms with Crippen molar-refractivity contribution in [3.8, 4) is 11.4 Å². The second kappa shape index (κ2) is 9.02. The van der Waals surface area contributed by atoms with E-state index in [1.54, 1.807) is 11.0 Å². The highest BCUT2D eigenvalue weighted by atomic mass is 16.5. The molecule has 0 unspecified atom stereocenters. The first-order chi connectivity index (χ1) is 16.6. The Labute approximate surface area is 198 Å². The van der Waals surface area contributed by atoms with E-state index in [-0.39, 0.29) is 18.4 Å². The Balaban J connectivity index is 1.49. The maximum absolute atomic E-state index is 13.7. The molecule has 0 aliphatic carbocycles. The molecule has 2 heterocycles. The molecule has 0 spiro atoms. The molecule has 2 amide bonds. The number of amides is 2. The standard InChI is InChI=1S/C27H26N4O3/c1-3-15-28-26(32)25-17-30(23-11-7-8-12-24(23)34-25)27(33)19-13-14-22-21(16-19)29-18(2)31(22)20-9-5-4-6-10-20/h4-14,16,25H,3,15,17H2,1-2H3,(H,28,32)/t25-/m1/s1. The van der Waals surface area contributed by atoms with Crippen LogP contribution in [0.5, 0.6) is 5.75 Å². The number of ether oxygens (including phenoxy) is 1. The Bertz CT molecular complexity index is 1360. The predicted molar refractivity (Wildman–Crippen MR) is 132 cm³/mol. The first-order valence-corrected chi connectivity index (χ1v) is 11.5. The Morgan fingerprint density at radius 1 is 1.06 bits per heavy atom. The lowest BCUT2D eigenvalue weighted by Gasteiger charge is -2.34. The minimum Gasteiger partial charge on any atom is -0.477 e. The van der Waals surface area contributed by atoms with Crippen LogP contribution in [-0.2, 0) is 4.79 Å². The summed E-state index contributed by atoms with van der Waals surface area (Å²) in [5, 5.41) is 2.87. The molecule has 1 aliphatic rings. The van der Waals surface area contributed by atoms with E-state index in [0.717, 1.165) is 29.0 Å². The van der Waals surface area contributed by atoms with Gasteiger partial charge in [0.25, 0.3) is 11.8 Å². The predicted octanol–water partition coefficient (Wildman–Crippen LogP) is 4.27. The fourth-order valence-corrected chi connectivity index (χ4v) is 4.32.